The Morgan fingerprint density at radius 2 is 1.78 bits per heavy atom. The Hall–Kier alpha value is -2.26. The van der Waals surface area contributed by atoms with Gasteiger partial charge in [-0.3, -0.25) is 9.59 Å². The Labute approximate surface area is 161 Å². The lowest BCUT2D eigenvalue weighted by Gasteiger charge is -2.17. The summed E-state index contributed by atoms with van der Waals surface area (Å²) in [5, 5.41) is 5.52. The van der Waals surface area contributed by atoms with Crippen molar-refractivity contribution in [3.8, 4) is 0 Å². The summed E-state index contributed by atoms with van der Waals surface area (Å²) >= 11 is 1.23. The molecule has 2 amide bonds. The van der Waals surface area contributed by atoms with Crippen LogP contribution < -0.4 is 10.6 Å². The van der Waals surface area contributed by atoms with Crippen molar-refractivity contribution >= 4 is 33.0 Å². The molecule has 0 radical (unpaired) electrons. The van der Waals surface area contributed by atoms with Crippen molar-refractivity contribution in [3.63, 3.8) is 0 Å². The summed E-state index contributed by atoms with van der Waals surface area (Å²) < 4.78 is 39.1. The summed E-state index contributed by atoms with van der Waals surface area (Å²) in [5.74, 6) is -2.23. The molecule has 0 aliphatic heterocycles. The highest BCUT2D eigenvalue weighted by Crippen LogP contribution is 2.31. The fourth-order valence-electron chi connectivity index (χ4n) is 2.35. The molecule has 0 aliphatic rings. The first-order chi connectivity index (χ1) is 12.9. The minimum Gasteiger partial charge on any atom is -0.348 e. The lowest BCUT2D eigenvalue weighted by atomic mass is 10.3. The van der Waals surface area contributed by atoms with Crippen LogP contribution in [-0.2, 0) is 19.4 Å². The maximum Gasteiger partial charge on any atom is 0.309 e. The Morgan fingerprint density at radius 1 is 1.11 bits per heavy atom. The van der Waals surface area contributed by atoms with E-state index < -0.39 is 32.7 Å². The maximum atomic E-state index is 13.1. The van der Waals surface area contributed by atoms with Gasteiger partial charge in [-0.1, -0.05) is 19.4 Å². The molecule has 1 aromatic heterocycles. The Kier molecular flexibility index (Phi) is 7.49. The van der Waals surface area contributed by atoms with Crippen molar-refractivity contribution in [2.45, 2.75) is 29.9 Å². The highest BCUT2D eigenvalue weighted by atomic mass is 32.2. The van der Waals surface area contributed by atoms with Crippen LogP contribution in [0.5, 0.6) is 0 Å². The Balaban J connectivity index is 2.15. The van der Waals surface area contributed by atoms with Gasteiger partial charge in [0.2, 0.25) is 0 Å². The minimum absolute atomic E-state index is 0.0519. The van der Waals surface area contributed by atoms with E-state index in [1.54, 1.807) is 17.5 Å². The predicted molar refractivity (Wildman–Crippen MR) is 102 cm³/mol. The van der Waals surface area contributed by atoms with Gasteiger partial charge in [0.25, 0.3) is 0 Å². The van der Waals surface area contributed by atoms with Gasteiger partial charge in [0, 0.05) is 18.0 Å². The Bertz CT molecular complexity index is 865. The van der Waals surface area contributed by atoms with Crippen molar-refractivity contribution in [1.82, 2.24) is 10.6 Å². The molecule has 9 heteroatoms. The van der Waals surface area contributed by atoms with Gasteiger partial charge in [0.05, 0.1) is 4.90 Å². The zero-order valence-corrected chi connectivity index (χ0v) is 16.4. The van der Waals surface area contributed by atoms with Gasteiger partial charge in [-0.25, -0.2) is 12.8 Å². The van der Waals surface area contributed by atoms with Gasteiger partial charge >= 0.3 is 11.8 Å². The topological polar surface area (TPSA) is 92.3 Å². The van der Waals surface area contributed by atoms with E-state index in [0.29, 0.717) is 11.4 Å². The smallest absolute Gasteiger partial charge is 0.309 e. The molecular formula is C18H21FN2O4S2. The third-order valence-electron chi connectivity index (χ3n) is 3.85. The third kappa shape index (κ3) is 5.61. The first kappa shape index (κ1) is 21.0. The lowest BCUT2D eigenvalue weighted by molar-refractivity contribution is -0.139. The lowest BCUT2D eigenvalue weighted by Crippen LogP contribution is -2.42. The molecule has 0 spiro atoms. The number of nitrogens with one attached hydrogen (secondary N) is 2. The maximum absolute atomic E-state index is 13.1. The van der Waals surface area contributed by atoms with E-state index in [4.69, 9.17) is 0 Å². The van der Waals surface area contributed by atoms with Crippen molar-refractivity contribution in [2.24, 2.45) is 0 Å². The van der Waals surface area contributed by atoms with E-state index in [9.17, 15) is 22.4 Å². The number of unbranched alkanes of at least 4 members (excludes halogenated alkanes) is 1. The van der Waals surface area contributed by atoms with Gasteiger partial charge in [-0.2, -0.15) is 0 Å². The number of hydrogen-bond donors (Lipinski definition) is 2. The largest absolute Gasteiger partial charge is 0.348 e. The molecule has 27 heavy (non-hydrogen) atoms. The number of carbonyl (C=O) groups excluding carboxylic acids is 2. The Morgan fingerprint density at radius 3 is 2.37 bits per heavy atom. The fourth-order valence-corrected chi connectivity index (χ4v) is 5.14. The van der Waals surface area contributed by atoms with Crippen LogP contribution in [0.4, 0.5) is 4.39 Å². The highest BCUT2D eigenvalue weighted by Gasteiger charge is 2.31. The molecule has 2 rings (SSSR count). The third-order valence-corrected chi connectivity index (χ3v) is 7.08. The van der Waals surface area contributed by atoms with Crippen LogP contribution in [0.1, 0.15) is 29.9 Å². The van der Waals surface area contributed by atoms with Crippen LogP contribution in [-0.4, -0.2) is 33.3 Å². The van der Waals surface area contributed by atoms with Crippen LogP contribution in [0.25, 0.3) is 0 Å². The molecular weight excluding hydrogens is 391 g/mol. The van der Waals surface area contributed by atoms with Gasteiger partial charge < -0.3 is 10.6 Å². The average Bonchev–Trinajstić information content (AvgIpc) is 3.16. The molecule has 2 N–H and O–H groups in total. The van der Waals surface area contributed by atoms with E-state index in [1.807, 2.05) is 6.92 Å². The average molecular weight is 413 g/mol. The van der Waals surface area contributed by atoms with Crippen molar-refractivity contribution in [3.05, 3.63) is 52.5 Å². The van der Waals surface area contributed by atoms with Crippen molar-refractivity contribution in [1.29, 1.82) is 0 Å². The minimum atomic E-state index is -3.89. The second-order valence-corrected chi connectivity index (χ2v) is 8.93. The molecule has 1 aromatic carbocycles. The number of benzene rings is 1. The SMILES string of the molecule is CCCCNC(=O)C(=O)NC[C@@H](c1cccs1)S(=O)(=O)c1ccc(F)cc1. The molecule has 1 atom stereocenters. The zero-order chi connectivity index (χ0) is 19.9. The molecule has 6 nitrogen and oxygen atoms in total. The van der Waals surface area contributed by atoms with Gasteiger partial charge in [0.15, 0.2) is 9.84 Å². The first-order valence-corrected chi connectivity index (χ1v) is 10.9. The normalized spacial score (nSPS) is 12.4. The molecule has 0 saturated carbocycles. The number of sulfone groups is 1. The van der Waals surface area contributed by atoms with Crippen LogP contribution in [0.2, 0.25) is 0 Å². The van der Waals surface area contributed by atoms with Crippen LogP contribution in [0.3, 0.4) is 0 Å². The number of carbonyl (C=O) groups is 2. The molecule has 0 bridgehead atoms. The number of amides is 2. The predicted octanol–water partition coefficient (Wildman–Crippen LogP) is 2.43. The molecule has 0 saturated heterocycles. The first-order valence-electron chi connectivity index (χ1n) is 8.45. The van der Waals surface area contributed by atoms with E-state index >= 15 is 0 Å². The molecule has 0 aliphatic carbocycles. The standard InChI is InChI=1S/C18H21FN2O4S2/c1-2-3-10-20-17(22)18(23)21-12-16(15-5-4-11-26-15)27(24,25)14-8-6-13(19)7-9-14/h4-9,11,16H,2-3,10,12H2,1H3,(H,20,22)(H,21,23)/t16-/m0/s1. The number of halogens is 1. The summed E-state index contributed by atoms with van der Waals surface area (Å²) in [5.41, 5.74) is 0. The van der Waals surface area contributed by atoms with Crippen LogP contribution in [0, 0.1) is 5.82 Å². The summed E-state index contributed by atoms with van der Waals surface area (Å²) in [6.45, 7) is 2.07. The molecule has 146 valence electrons. The molecule has 0 fully saturated rings. The second kappa shape index (κ2) is 9.61. The van der Waals surface area contributed by atoms with E-state index in [1.165, 1.54) is 23.5 Å². The number of hydrogen-bond acceptors (Lipinski definition) is 5. The van der Waals surface area contributed by atoms with Gasteiger partial charge in [-0.05, 0) is 42.1 Å². The van der Waals surface area contributed by atoms with E-state index in [2.05, 4.69) is 10.6 Å². The quantitative estimate of drug-likeness (QED) is 0.396. The van der Waals surface area contributed by atoms with Crippen LogP contribution >= 0.6 is 11.3 Å². The van der Waals surface area contributed by atoms with Crippen molar-refractivity contribution in [2.75, 3.05) is 13.1 Å². The van der Waals surface area contributed by atoms with Gasteiger partial charge in [-0.15, -0.1) is 11.3 Å². The van der Waals surface area contributed by atoms with Gasteiger partial charge in [0.1, 0.15) is 11.1 Å². The van der Waals surface area contributed by atoms with Crippen LogP contribution in [0.15, 0.2) is 46.7 Å². The van der Waals surface area contributed by atoms with Crippen molar-refractivity contribution < 1.29 is 22.4 Å². The molecule has 1 heterocycles. The monoisotopic (exact) mass is 412 g/mol. The van der Waals surface area contributed by atoms with E-state index in [0.717, 1.165) is 25.0 Å². The second-order valence-electron chi connectivity index (χ2n) is 5.82. The summed E-state index contributed by atoms with van der Waals surface area (Å²) in [6, 6.07) is 7.85. The number of thiophene rings is 1. The molecule has 2 aromatic rings. The fraction of sp³-hybridized carbons (Fsp3) is 0.333. The van der Waals surface area contributed by atoms with E-state index in [-0.39, 0.29) is 11.4 Å². The summed E-state index contributed by atoms with van der Waals surface area (Å²) in [7, 11) is -3.89. The molecule has 0 unspecified atom stereocenters. The summed E-state index contributed by atoms with van der Waals surface area (Å²) in [4.78, 5) is 24.2. The number of rotatable bonds is 8. The highest BCUT2D eigenvalue weighted by molar-refractivity contribution is 7.91. The zero-order valence-electron chi connectivity index (χ0n) is 14.8. The summed E-state index contributed by atoms with van der Waals surface area (Å²) in [6.07, 6.45) is 1.62.